The number of carbonyl (C=O) groups excluding carboxylic acids is 1. The molecule has 3 nitrogen and oxygen atoms in total. The lowest BCUT2D eigenvalue weighted by atomic mass is 9.93. The van der Waals surface area contributed by atoms with Gasteiger partial charge in [-0.25, -0.2) is 0 Å². The van der Waals surface area contributed by atoms with Crippen LogP contribution >= 0.6 is 23.2 Å². The number of hydrogen-bond donors (Lipinski definition) is 1. The minimum atomic E-state index is -0.120. The molecule has 0 heterocycles. The largest absolute Gasteiger partial charge is 0.338 e. The molecule has 0 saturated heterocycles. The second-order valence-electron chi connectivity index (χ2n) is 5.31. The van der Waals surface area contributed by atoms with E-state index < -0.39 is 0 Å². The summed E-state index contributed by atoms with van der Waals surface area (Å²) in [5.74, 6) is -0.0920. The lowest BCUT2D eigenvalue weighted by Crippen LogP contribution is -2.42. The molecular weight excluding hydrogens is 283 g/mol. The van der Waals surface area contributed by atoms with Crippen molar-refractivity contribution < 1.29 is 4.79 Å². The predicted molar refractivity (Wildman–Crippen MR) is 80.9 cm³/mol. The molecule has 0 aliphatic rings. The van der Waals surface area contributed by atoms with Gasteiger partial charge in [0.2, 0.25) is 0 Å². The van der Waals surface area contributed by atoms with Crippen molar-refractivity contribution in [3.63, 3.8) is 0 Å². The van der Waals surface area contributed by atoms with E-state index in [1.54, 1.807) is 23.1 Å². The van der Waals surface area contributed by atoms with E-state index in [0.717, 1.165) is 0 Å². The molecule has 1 aromatic rings. The second kappa shape index (κ2) is 6.60. The van der Waals surface area contributed by atoms with Gasteiger partial charge in [0.05, 0.1) is 10.6 Å². The molecule has 2 N–H and O–H groups in total. The van der Waals surface area contributed by atoms with Gasteiger partial charge in [-0.3, -0.25) is 4.79 Å². The van der Waals surface area contributed by atoms with Gasteiger partial charge in [0.15, 0.2) is 0 Å². The van der Waals surface area contributed by atoms with Crippen LogP contribution in [0.25, 0.3) is 0 Å². The molecule has 0 saturated carbocycles. The first-order chi connectivity index (χ1) is 8.80. The molecule has 0 aliphatic heterocycles. The number of benzene rings is 1. The van der Waals surface area contributed by atoms with Gasteiger partial charge in [0.1, 0.15) is 0 Å². The van der Waals surface area contributed by atoms with E-state index in [1.807, 2.05) is 20.8 Å². The zero-order valence-electron chi connectivity index (χ0n) is 11.5. The maximum absolute atomic E-state index is 12.5. The van der Waals surface area contributed by atoms with Crippen LogP contribution in [0.2, 0.25) is 10.0 Å². The molecular formula is C14H20Cl2N2O. The summed E-state index contributed by atoms with van der Waals surface area (Å²) in [6.07, 6.45) is 0. The molecule has 1 rings (SSSR count). The summed E-state index contributed by atoms with van der Waals surface area (Å²) < 4.78 is 0. The summed E-state index contributed by atoms with van der Waals surface area (Å²) in [7, 11) is 0. The third-order valence-corrected chi connectivity index (χ3v) is 3.55. The van der Waals surface area contributed by atoms with Crippen LogP contribution < -0.4 is 5.73 Å². The minimum Gasteiger partial charge on any atom is -0.338 e. The molecule has 0 aliphatic carbocycles. The molecule has 106 valence electrons. The summed E-state index contributed by atoms with van der Waals surface area (Å²) in [6, 6.07) is 4.91. The van der Waals surface area contributed by atoms with Gasteiger partial charge in [-0.05, 0) is 37.1 Å². The molecule has 0 unspecified atom stereocenters. The Morgan fingerprint density at radius 2 is 2.00 bits per heavy atom. The van der Waals surface area contributed by atoms with Crippen molar-refractivity contribution in [2.45, 2.75) is 20.8 Å². The van der Waals surface area contributed by atoms with E-state index in [-0.39, 0.29) is 11.3 Å². The Morgan fingerprint density at radius 3 is 2.47 bits per heavy atom. The fraction of sp³-hybridized carbons (Fsp3) is 0.500. The summed E-state index contributed by atoms with van der Waals surface area (Å²) >= 11 is 11.9. The van der Waals surface area contributed by atoms with Crippen molar-refractivity contribution in [2.24, 2.45) is 11.1 Å². The maximum atomic E-state index is 12.5. The zero-order chi connectivity index (χ0) is 14.6. The normalized spacial score (nSPS) is 11.5. The smallest absolute Gasteiger partial charge is 0.255 e. The minimum absolute atomic E-state index is 0.0920. The van der Waals surface area contributed by atoms with E-state index in [0.29, 0.717) is 35.2 Å². The third kappa shape index (κ3) is 4.37. The fourth-order valence-electron chi connectivity index (χ4n) is 1.74. The van der Waals surface area contributed by atoms with Crippen LogP contribution in [0.4, 0.5) is 0 Å². The van der Waals surface area contributed by atoms with E-state index in [4.69, 9.17) is 28.9 Å². The molecule has 0 aromatic heterocycles. The van der Waals surface area contributed by atoms with Crippen LogP contribution in [0, 0.1) is 5.41 Å². The van der Waals surface area contributed by atoms with Crippen LogP contribution in [0.15, 0.2) is 18.2 Å². The standard InChI is InChI=1S/C14H20Cl2N2O/c1-4-18(9-14(2,3)8-17)13(19)11-6-5-10(15)7-12(11)16/h5-7H,4,8-9,17H2,1-3H3. The quantitative estimate of drug-likeness (QED) is 0.905. The van der Waals surface area contributed by atoms with Crippen LogP contribution in [0.5, 0.6) is 0 Å². The van der Waals surface area contributed by atoms with E-state index in [9.17, 15) is 4.79 Å². The summed E-state index contributed by atoms with van der Waals surface area (Å²) in [5.41, 5.74) is 6.07. The summed E-state index contributed by atoms with van der Waals surface area (Å²) in [6.45, 7) is 7.73. The van der Waals surface area contributed by atoms with E-state index >= 15 is 0 Å². The lowest BCUT2D eigenvalue weighted by Gasteiger charge is -2.31. The average molecular weight is 303 g/mol. The summed E-state index contributed by atoms with van der Waals surface area (Å²) in [5, 5.41) is 0.897. The molecule has 0 fully saturated rings. The Morgan fingerprint density at radius 1 is 1.37 bits per heavy atom. The molecule has 0 spiro atoms. The van der Waals surface area contributed by atoms with Crippen LogP contribution in [0.3, 0.4) is 0 Å². The van der Waals surface area contributed by atoms with E-state index in [1.165, 1.54) is 0 Å². The number of amides is 1. The lowest BCUT2D eigenvalue weighted by molar-refractivity contribution is 0.0701. The molecule has 0 radical (unpaired) electrons. The first-order valence-corrected chi connectivity index (χ1v) is 7.00. The monoisotopic (exact) mass is 302 g/mol. The molecule has 1 aromatic carbocycles. The Labute approximate surface area is 124 Å². The van der Waals surface area contributed by atoms with Gasteiger partial charge in [-0.1, -0.05) is 37.0 Å². The van der Waals surface area contributed by atoms with Crippen molar-refractivity contribution >= 4 is 29.1 Å². The molecule has 0 bridgehead atoms. The van der Waals surface area contributed by atoms with Crippen LogP contribution in [-0.4, -0.2) is 30.4 Å². The van der Waals surface area contributed by atoms with Gasteiger partial charge in [-0.2, -0.15) is 0 Å². The van der Waals surface area contributed by atoms with Gasteiger partial charge in [0.25, 0.3) is 5.91 Å². The first-order valence-electron chi connectivity index (χ1n) is 6.25. The highest BCUT2D eigenvalue weighted by molar-refractivity contribution is 6.36. The predicted octanol–water partition coefficient (Wildman–Crippen LogP) is 3.44. The molecule has 5 heteroatoms. The number of nitrogens with two attached hydrogens (primary N) is 1. The average Bonchev–Trinajstić information content (AvgIpc) is 2.35. The van der Waals surface area contributed by atoms with Gasteiger partial charge < -0.3 is 10.6 Å². The fourth-order valence-corrected chi connectivity index (χ4v) is 2.23. The molecule has 0 atom stereocenters. The van der Waals surface area contributed by atoms with Gasteiger partial charge in [0, 0.05) is 18.1 Å². The number of rotatable bonds is 5. The Bertz CT molecular complexity index is 461. The Hall–Kier alpha value is -0.770. The maximum Gasteiger partial charge on any atom is 0.255 e. The topological polar surface area (TPSA) is 46.3 Å². The summed E-state index contributed by atoms with van der Waals surface area (Å²) in [4.78, 5) is 14.2. The number of carbonyl (C=O) groups is 1. The second-order valence-corrected chi connectivity index (χ2v) is 6.16. The van der Waals surface area contributed by atoms with Crippen LogP contribution in [-0.2, 0) is 0 Å². The van der Waals surface area contributed by atoms with Crippen molar-refractivity contribution in [1.29, 1.82) is 0 Å². The van der Waals surface area contributed by atoms with Crippen molar-refractivity contribution in [3.05, 3.63) is 33.8 Å². The third-order valence-electron chi connectivity index (χ3n) is 3.00. The zero-order valence-corrected chi connectivity index (χ0v) is 13.1. The molecule has 19 heavy (non-hydrogen) atoms. The highest BCUT2D eigenvalue weighted by Crippen LogP contribution is 2.24. The van der Waals surface area contributed by atoms with Crippen molar-refractivity contribution in [1.82, 2.24) is 4.90 Å². The SMILES string of the molecule is CCN(CC(C)(C)CN)C(=O)c1ccc(Cl)cc1Cl. The van der Waals surface area contributed by atoms with Crippen molar-refractivity contribution in [2.75, 3.05) is 19.6 Å². The van der Waals surface area contributed by atoms with Gasteiger partial charge >= 0.3 is 0 Å². The number of halogens is 2. The highest BCUT2D eigenvalue weighted by Gasteiger charge is 2.24. The first kappa shape index (κ1) is 16.3. The van der Waals surface area contributed by atoms with E-state index in [2.05, 4.69) is 0 Å². The Kier molecular flexibility index (Phi) is 5.65. The van der Waals surface area contributed by atoms with Gasteiger partial charge in [-0.15, -0.1) is 0 Å². The molecule has 1 amide bonds. The van der Waals surface area contributed by atoms with Crippen molar-refractivity contribution in [3.8, 4) is 0 Å². The Balaban J connectivity index is 2.96. The van der Waals surface area contributed by atoms with Crippen LogP contribution in [0.1, 0.15) is 31.1 Å². The highest BCUT2D eigenvalue weighted by atomic mass is 35.5. The number of hydrogen-bond acceptors (Lipinski definition) is 2. The number of nitrogens with zero attached hydrogens (tertiary/aromatic N) is 1.